The third kappa shape index (κ3) is 4.07. The average molecular weight is 611 g/mol. The predicted octanol–water partition coefficient (Wildman–Crippen LogP) is 11.6. The van der Waals surface area contributed by atoms with E-state index >= 15 is 0 Å². The Kier molecular flexibility index (Phi) is 6.22. The van der Waals surface area contributed by atoms with Crippen molar-refractivity contribution in [3.8, 4) is 39.7 Å². The standard InChI is InChI=1S/C44H26N4/c1-46-44-32(15-10-20-43(44)48-40-18-8-4-13-35(40)36-14-5-9-19-41(36)48)30-22-24-31(25-23-30)37-27-29(28-45)21-26-42(37)47-38-16-6-2-11-33(38)34-12-3-7-17-39(34)47/h2-27H. The van der Waals surface area contributed by atoms with E-state index in [1.807, 2.05) is 48.5 Å². The van der Waals surface area contributed by atoms with Crippen LogP contribution in [0.3, 0.4) is 0 Å². The van der Waals surface area contributed by atoms with Crippen molar-refractivity contribution in [2.24, 2.45) is 0 Å². The van der Waals surface area contributed by atoms with Crippen LogP contribution in [0, 0.1) is 17.9 Å². The van der Waals surface area contributed by atoms with E-state index in [9.17, 15) is 5.26 Å². The number of benzene rings is 7. The minimum Gasteiger partial charge on any atom is -0.319 e. The Morgan fingerprint density at radius 2 is 0.917 bits per heavy atom. The lowest BCUT2D eigenvalue weighted by molar-refractivity contribution is 1.18. The van der Waals surface area contributed by atoms with E-state index in [1.165, 1.54) is 10.8 Å². The fourth-order valence-electron chi connectivity index (χ4n) is 7.29. The molecule has 0 aliphatic carbocycles. The van der Waals surface area contributed by atoms with Gasteiger partial charge in [0, 0.05) is 27.1 Å². The second kappa shape index (κ2) is 10.9. The van der Waals surface area contributed by atoms with Gasteiger partial charge in [0.25, 0.3) is 0 Å². The summed E-state index contributed by atoms with van der Waals surface area (Å²) in [7, 11) is 0. The van der Waals surface area contributed by atoms with Gasteiger partial charge in [0.2, 0.25) is 5.69 Å². The van der Waals surface area contributed by atoms with Crippen molar-refractivity contribution in [1.29, 1.82) is 5.26 Å². The van der Waals surface area contributed by atoms with E-state index < -0.39 is 0 Å². The molecule has 0 saturated heterocycles. The molecular formula is C44H26N4. The summed E-state index contributed by atoms with van der Waals surface area (Å²) in [4.78, 5) is 4.12. The Morgan fingerprint density at radius 1 is 0.458 bits per heavy atom. The van der Waals surface area contributed by atoms with Crippen LogP contribution >= 0.6 is 0 Å². The summed E-state index contributed by atoms with van der Waals surface area (Å²) in [5.41, 5.74) is 11.3. The van der Waals surface area contributed by atoms with Gasteiger partial charge in [-0.2, -0.15) is 5.26 Å². The van der Waals surface area contributed by atoms with E-state index in [0.29, 0.717) is 11.3 Å². The van der Waals surface area contributed by atoms with Crippen LogP contribution in [0.2, 0.25) is 0 Å². The van der Waals surface area contributed by atoms with Crippen molar-refractivity contribution in [1.82, 2.24) is 9.13 Å². The van der Waals surface area contributed by atoms with Gasteiger partial charge in [0.15, 0.2) is 0 Å². The molecule has 0 radical (unpaired) electrons. The van der Waals surface area contributed by atoms with E-state index in [1.54, 1.807) is 0 Å². The van der Waals surface area contributed by atoms with Gasteiger partial charge in [-0.15, -0.1) is 0 Å². The molecule has 2 aromatic heterocycles. The maximum Gasteiger partial charge on any atom is 0.218 e. The molecule has 4 nitrogen and oxygen atoms in total. The van der Waals surface area contributed by atoms with Crippen LogP contribution in [0.1, 0.15) is 5.56 Å². The van der Waals surface area contributed by atoms with Crippen molar-refractivity contribution < 1.29 is 0 Å². The van der Waals surface area contributed by atoms with Gasteiger partial charge >= 0.3 is 0 Å². The summed E-state index contributed by atoms with van der Waals surface area (Å²) < 4.78 is 4.50. The molecule has 0 N–H and O–H groups in total. The monoisotopic (exact) mass is 610 g/mol. The molecule has 48 heavy (non-hydrogen) atoms. The highest BCUT2D eigenvalue weighted by molar-refractivity contribution is 6.11. The predicted molar refractivity (Wildman–Crippen MR) is 197 cm³/mol. The third-order valence-electron chi connectivity index (χ3n) is 9.40. The Balaban J connectivity index is 1.21. The first kappa shape index (κ1) is 27.4. The van der Waals surface area contributed by atoms with Crippen LogP contribution in [-0.4, -0.2) is 9.13 Å². The number of aromatic nitrogens is 2. The first-order valence-corrected chi connectivity index (χ1v) is 15.9. The molecule has 0 saturated carbocycles. The van der Waals surface area contributed by atoms with Crippen molar-refractivity contribution in [3.05, 3.63) is 175 Å². The number of rotatable bonds is 4. The molecule has 0 amide bonds. The van der Waals surface area contributed by atoms with E-state index in [4.69, 9.17) is 6.57 Å². The zero-order valence-electron chi connectivity index (χ0n) is 25.8. The molecule has 2 heterocycles. The Morgan fingerprint density at radius 3 is 1.40 bits per heavy atom. The zero-order chi connectivity index (χ0) is 32.2. The lowest BCUT2D eigenvalue weighted by atomic mass is 9.96. The Bertz CT molecular complexity index is 2690. The third-order valence-corrected chi connectivity index (χ3v) is 9.40. The van der Waals surface area contributed by atoms with E-state index in [0.717, 1.165) is 66.5 Å². The lowest BCUT2D eigenvalue weighted by Crippen LogP contribution is -1.98. The van der Waals surface area contributed by atoms with Crippen molar-refractivity contribution in [2.45, 2.75) is 0 Å². The fraction of sp³-hybridized carbons (Fsp3) is 0. The summed E-state index contributed by atoms with van der Waals surface area (Å²) in [6.45, 7) is 8.33. The van der Waals surface area contributed by atoms with E-state index in [2.05, 4.69) is 129 Å². The second-order valence-corrected chi connectivity index (χ2v) is 11.9. The fourth-order valence-corrected chi connectivity index (χ4v) is 7.29. The molecule has 0 atom stereocenters. The normalized spacial score (nSPS) is 11.3. The number of nitriles is 1. The zero-order valence-corrected chi connectivity index (χ0v) is 25.8. The molecule has 0 spiro atoms. The molecule has 0 bridgehead atoms. The lowest BCUT2D eigenvalue weighted by Gasteiger charge is -2.16. The first-order chi connectivity index (χ1) is 23.7. The SMILES string of the molecule is [C-]#[N+]c1c(-c2ccc(-c3cc(C#N)ccc3-n3c4ccccc4c4ccccc43)cc2)cccc1-n1c2ccccc2c2ccccc21. The molecule has 9 aromatic rings. The highest BCUT2D eigenvalue weighted by atomic mass is 15.0. The smallest absolute Gasteiger partial charge is 0.218 e. The van der Waals surface area contributed by atoms with Crippen molar-refractivity contribution in [2.75, 3.05) is 0 Å². The van der Waals surface area contributed by atoms with Crippen molar-refractivity contribution >= 4 is 49.3 Å². The van der Waals surface area contributed by atoms with Crippen LogP contribution < -0.4 is 0 Å². The summed E-state index contributed by atoms with van der Waals surface area (Å²) in [5, 5.41) is 14.6. The first-order valence-electron chi connectivity index (χ1n) is 15.9. The molecule has 4 heteroatoms. The molecular weight excluding hydrogens is 585 g/mol. The van der Waals surface area contributed by atoms with Gasteiger partial charge in [-0.05, 0) is 65.2 Å². The highest BCUT2D eigenvalue weighted by Crippen LogP contribution is 2.42. The van der Waals surface area contributed by atoms with Gasteiger partial charge in [-0.25, -0.2) is 4.85 Å². The number of hydrogen-bond donors (Lipinski definition) is 0. The number of hydrogen-bond acceptors (Lipinski definition) is 1. The van der Waals surface area contributed by atoms with Crippen LogP contribution in [0.25, 0.3) is 82.1 Å². The summed E-state index contributed by atoms with van der Waals surface area (Å²) in [5.74, 6) is 0. The molecule has 0 unspecified atom stereocenters. The number of nitrogens with zero attached hydrogens (tertiary/aromatic N) is 4. The molecule has 9 rings (SSSR count). The topological polar surface area (TPSA) is 38.0 Å². The van der Waals surface area contributed by atoms with Crippen molar-refractivity contribution in [3.63, 3.8) is 0 Å². The van der Waals surface area contributed by atoms with Gasteiger partial charge in [0.05, 0.1) is 51.6 Å². The van der Waals surface area contributed by atoms with Gasteiger partial charge in [-0.1, -0.05) is 109 Å². The molecule has 0 fully saturated rings. The highest BCUT2D eigenvalue weighted by Gasteiger charge is 2.19. The summed E-state index contributed by atoms with van der Waals surface area (Å²) in [6, 6.07) is 56.4. The van der Waals surface area contributed by atoms with Crippen LogP contribution in [-0.2, 0) is 0 Å². The van der Waals surface area contributed by atoms with Crippen LogP contribution in [0.5, 0.6) is 0 Å². The number of para-hydroxylation sites is 5. The van der Waals surface area contributed by atoms with E-state index in [-0.39, 0.29) is 0 Å². The maximum atomic E-state index is 9.87. The van der Waals surface area contributed by atoms with Gasteiger partial charge in [0.1, 0.15) is 0 Å². The Hall–Kier alpha value is -6.88. The maximum absolute atomic E-state index is 9.87. The molecule has 222 valence electrons. The summed E-state index contributed by atoms with van der Waals surface area (Å²) in [6.07, 6.45) is 0. The van der Waals surface area contributed by atoms with Crippen LogP contribution in [0.4, 0.5) is 5.69 Å². The molecule has 7 aromatic carbocycles. The Labute approximate surface area is 277 Å². The van der Waals surface area contributed by atoms with Gasteiger partial charge < -0.3 is 9.13 Å². The minimum absolute atomic E-state index is 0.604. The van der Waals surface area contributed by atoms with Crippen LogP contribution in [0.15, 0.2) is 158 Å². The number of fused-ring (bicyclic) bond motifs is 6. The van der Waals surface area contributed by atoms with Gasteiger partial charge in [-0.3, -0.25) is 0 Å². The second-order valence-electron chi connectivity index (χ2n) is 11.9. The minimum atomic E-state index is 0.604. The largest absolute Gasteiger partial charge is 0.319 e. The summed E-state index contributed by atoms with van der Waals surface area (Å²) >= 11 is 0. The molecule has 0 aliphatic heterocycles. The average Bonchev–Trinajstić information content (AvgIpc) is 3.67. The quantitative estimate of drug-likeness (QED) is 0.183. The molecule has 0 aliphatic rings.